The Morgan fingerprint density at radius 1 is 0.765 bits per heavy atom. The van der Waals surface area contributed by atoms with Crippen molar-refractivity contribution in [3.63, 3.8) is 0 Å². The average Bonchev–Trinajstić information content (AvgIpc) is 2.89. The first-order valence-corrected chi connectivity index (χ1v) is 12.3. The zero-order valence-corrected chi connectivity index (χ0v) is 20.9. The zero-order valence-electron chi connectivity index (χ0n) is 18.8. The molecule has 1 aliphatic rings. The fourth-order valence-corrected chi connectivity index (χ4v) is 4.59. The lowest BCUT2D eigenvalue weighted by Crippen LogP contribution is -2.59. The Hall–Kier alpha value is -2.30. The van der Waals surface area contributed by atoms with Crippen LogP contribution in [0.5, 0.6) is 0 Å². The van der Waals surface area contributed by atoms with Crippen LogP contribution in [-0.4, -0.2) is 41.8 Å². The van der Waals surface area contributed by atoms with Crippen LogP contribution in [0.2, 0.25) is 0 Å². The van der Waals surface area contributed by atoms with E-state index in [0.717, 1.165) is 11.1 Å². The molecule has 0 unspecified atom stereocenters. The first-order chi connectivity index (χ1) is 16.7. The summed E-state index contributed by atoms with van der Waals surface area (Å²) in [4.78, 5) is 12.9. The molecule has 1 saturated heterocycles. The van der Waals surface area contributed by atoms with Crippen LogP contribution in [0.25, 0.3) is 0 Å². The molecule has 3 aromatic carbocycles. The molecule has 0 saturated carbocycles. The maximum absolute atomic E-state index is 12.9. The van der Waals surface area contributed by atoms with Crippen molar-refractivity contribution in [2.24, 2.45) is 0 Å². The van der Waals surface area contributed by atoms with Gasteiger partial charge in [0.15, 0.2) is 16.5 Å². The number of esters is 1. The van der Waals surface area contributed by atoms with E-state index in [0.29, 0.717) is 18.8 Å². The van der Waals surface area contributed by atoms with Gasteiger partial charge in [0.1, 0.15) is 12.2 Å². The number of alkyl halides is 1. The number of methoxy groups -OCH3 is 1. The predicted octanol–water partition coefficient (Wildman–Crippen LogP) is 5.15. The lowest BCUT2D eigenvalue weighted by Gasteiger charge is -2.43. The van der Waals surface area contributed by atoms with Gasteiger partial charge >= 0.3 is 5.97 Å². The number of hydrogen-bond donors (Lipinski definition) is 0. The van der Waals surface area contributed by atoms with Crippen molar-refractivity contribution in [3.05, 3.63) is 108 Å². The van der Waals surface area contributed by atoms with Gasteiger partial charge in [-0.3, -0.25) is 0 Å². The minimum atomic E-state index is -0.704. The van der Waals surface area contributed by atoms with Gasteiger partial charge in [-0.15, -0.1) is 0 Å². The Morgan fingerprint density at radius 2 is 1.26 bits per heavy atom. The van der Waals surface area contributed by atoms with E-state index < -0.39 is 34.7 Å². The minimum Gasteiger partial charge on any atom is -0.452 e. The van der Waals surface area contributed by atoms with Gasteiger partial charge in [-0.05, 0) is 45.9 Å². The van der Waals surface area contributed by atoms with Gasteiger partial charge in [0, 0.05) is 7.11 Å². The zero-order chi connectivity index (χ0) is 23.8. The molecule has 4 rings (SSSR count). The molecule has 0 radical (unpaired) electrons. The highest BCUT2D eigenvalue weighted by Crippen LogP contribution is 2.33. The van der Waals surface area contributed by atoms with E-state index in [1.165, 1.54) is 0 Å². The van der Waals surface area contributed by atoms with Gasteiger partial charge in [0.25, 0.3) is 0 Å². The summed E-state index contributed by atoms with van der Waals surface area (Å²) in [6.45, 7) is 0.668. The summed E-state index contributed by atoms with van der Waals surface area (Å²) in [5, 5.41) is 0. The fraction of sp³-hybridized carbons (Fsp3) is 0.296. The van der Waals surface area contributed by atoms with Crippen molar-refractivity contribution in [3.8, 4) is 0 Å². The Labute approximate surface area is 213 Å². The summed E-state index contributed by atoms with van der Waals surface area (Å²) in [6, 6.07) is 28.6. The maximum atomic E-state index is 12.9. The van der Waals surface area contributed by atoms with E-state index in [1.54, 1.807) is 31.4 Å². The molecule has 1 aliphatic heterocycles. The highest BCUT2D eigenvalue weighted by atomic mass is 127. The van der Waals surface area contributed by atoms with Gasteiger partial charge in [0.2, 0.25) is 0 Å². The van der Waals surface area contributed by atoms with Crippen LogP contribution in [0, 0.1) is 0 Å². The summed E-state index contributed by atoms with van der Waals surface area (Å²) in [5.41, 5.74) is 2.47. The molecule has 0 spiro atoms. The highest BCUT2D eigenvalue weighted by molar-refractivity contribution is 14.1. The molecular formula is C27H27IO6. The molecule has 0 aromatic heterocycles. The van der Waals surface area contributed by atoms with Crippen LogP contribution in [0.3, 0.4) is 0 Å². The predicted molar refractivity (Wildman–Crippen MR) is 135 cm³/mol. The highest BCUT2D eigenvalue weighted by Gasteiger charge is 2.49. The molecule has 1 fully saturated rings. The Bertz CT molecular complexity index is 1020. The lowest BCUT2D eigenvalue weighted by atomic mass is 10.0. The van der Waals surface area contributed by atoms with Crippen molar-refractivity contribution < 1.29 is 28.5 Å². The summed E-state index contributed by atoms with van der Waals surface area (Å²) in [6.07, 6.45) is -2.62. The van der Waals surface area contributed by atoms with E-state index in [2.05, 4.69) is 22.6 Å². The van der Waals surface area contributed by atoms with Crippen molar-refractivity contribution in [2.45, 2.75) is 41.9 Å². The van der Waals surface area contributed by atoms with Crippen LogP contribution >= 0.6 is 22.6 Å². The van der Waals surface area contributed by atoms with Crippen LogP contribution in [-0.2, 0) is 36.9 Å². The van der Waals surface area contributed by atoms with Gasteiger partial charge in [-0.25, -0.2) is 4.79 Å². The summed E-state index contributed by atoms with van der Waals surface area (Å²) in [5.74, 6) is -0.443. The first kappa shape index (κ1) is 24.8. The first-order valence-electron chi connectivity index (χ1n) is 11.0. The third kappa shape index (κ3) is 6.43. The molecule has 1 heterocycles. The standard InChI is InChI=1S/C27H27IO6/c1-30-27-24(32-18-20-13-7-3-8-14-20)22(31-17-19-11-5-2-6-12-19)23(25(28)34-27)33-26(29)21-15-9-4-10-16-21/h2-16,22-25,27H,17-18H2,1H3/t22-,23-,24+,25-,27-/m0/s1. The molecule has 6 nitrogen and oxygen atoms in total. The summed E-state index contributed by atoms with van der Waals surface area (Å²) in [7, 11) is 1.57. The monoisotopic (exact) mass is 574 g/mol. The molecule has 0 amide bonds. The van der Waals surface area contributed by atoms with Crippen LogP contribution < -0.4 is 0 Å². The minimum absolute atomic E-state index is 0.329. The molecule has 178 valence electrons. The quantitative estimate of drug-likeness (QED) is 0.200. The summed E-state index contributed by atoms with van der Waals surface area (Å²) < 4.78 is 29.7. The maximum Gasteiger partial charge on any atom is 0.338 e. The number of ether oxygens (including phenoxy) is 5. The molecule has 34 heavy (non-hydrogen) atoms. The molecular weight excluding hydrogens is 547 g/mol. The van der Waals surface area contributed by atoms with Crippen molar-refractivity contribution in [1.29, 1.82) is 0 Å². The fourth-order valence-electron chi connectivity index (χ4n) is 3.75. The molecule has 0 bridgehead atoms. The van der Waals surface area contributed by atoms with E-state index in [-0.39, 0.29) is 0 Å². The second-order valence-corrected chi connectivity index (χ2v) is 9.08. The molecule has 3 aromatic rings. The Kier molecular flexibility index (Phi) is 9.06. The van der Waals surface area contributed by atoms with E-state index in [1.807, 2.05) is 66.7 Å². The van der Waals surface area contributed by atoms with E-state index in [9.17, 15) is 4.79 Å². The van der Waals surface area contributed by atoms with Crippen molar-refractivity contribution in [2.75, 3.05) is 7.11 Å². The van der Waals surface area contributed by atoms with Crippen LogP contribution in [0.4, 0.5) is 0 Å². The topological polar surface area (TPSA) is 63.2 Å². The molecule has 5 atom stereocenters. The smallest absolute Gasteiger partial charge is 0.338 e. The second-order valence-electron chi connectivity index (χ2n) is 7.85. The largest absolute Gasteiger partial charge is 0.452 e. The van der Waals surface area contributed by atoms with Gasteiger partial charge in [-0.2, -0.15) is 0 Å². The molecule has 7 heteroatoms. The van der Waals surface area contributed by atoms with Gasteiger partial charge < -0.3 is 23.7 Å². The number of carbonyl (C=O) groups excluding carboxylic acids is 1. The molecule has 0 aliphatic carbocycles. The van der Waals surface area contributed by atoms with Gasteiger partial charge in [-0.1, -0.05) is 78.9 Å². The number of hydrogen-bond acceptors (Lipinski definition) is 6. The number of rotatable bonds is 9. The SMILES string of the molecule is CO[C@H]1O[C@H](I)[C@@H](OC(=O)c2ccccc2)[C@H](OCc2ccccc2)[C@H]1OCc1ccccc1. The number of benzene rings is 3. The molecule has 0 N–H and O–H groups in total. The third-order valence-electron chi connectivity index (χ3n) is 5.49. The van der Waals surface area contributed by atoms with Crippen LogP contribution in [0.15, 0.2) is 91.0 Å². The Morgan fingerprint density at radius 3 is 1.79 bits per heavy atom. The van der Waals surface area contributed by atoms with Crippen LogP contribution in [0.1, 0.15) is 21.5 Å². The van der Waals surface area contributed by atoms with Crippen molar-refractivity contribution >= 4 is 28.6 Å². The van der Waals surface area contributed by atoms with Gasteiger partial charge in [0.05, 0.1) is 18.8 Å². The average molecular weight is 574 g/mol. The summed E-state index contributed by atoms with van der Waals surface area (Å²) >= 11 is 2.11. The second kappa shape index (κ2) is 12.4. The van der Waals surface area contributed by atoms with E-state index >= 15 is 0 Å². The number of carbonyl (C=O) groups is 1. The Balaban J connectivity index is 1.57. The van der Waals surface area contributed by atoms with E-state index in [4.69, 9.17) is 23.7 Å². The normalized spacial score (nSPS) is 24.5. The van der Waals surface area contributed by atoms with Crippen molar-refractivity contribution in [1.82, 2.24) is 0 Å². The lowest BCUT2D eigenvalue weighted by molar-refractivity contribution is -0.290. The number of halogens is 1. The third-order valence-corrected chi connectivity index (χ3v) is 6.50.